The van der Waals surface area contributed by atoms with Crippen LogP contribution in [0.2, 0.25) is 0 Å². The molecule has 5 rings (SSSR count). The molecule has 0 aromatic rings. The van der Waals surface area contributed by atoms with Gasteiger partial charge in [0, 0.05) is 18.8 Å². The summed E-state index contributed by atoms with van der Waals surface area (Å²) in [7, 11) is 0. The molecule has 180 valence electrons. The van der Waals surface area contributed by atoms with E-state index in [1.807, 2.05) is 0 Å². The lowest BCUT2D eigenvalue weighted by Gasteiger charge is -2.56. The van der Waals surface area contributed by atoms with Gasteiger partial charge in [-0.25, -0.2) is 0 Å². The van der Waals surface area contributed by atoms with Crippen molar-refractivity contribution in [2.24, 2.45) is 40.4 Å². The van der Waals surface area contributed by atoms with Gasteiger partial charge in [0.1, 0.15) is 17.8 Å². The number of epoxide rings is 1. The second kappa shape index (κ2) is 7.85. The first kappa shape index (κ1) is 22.9. The number of ether oxygens (including phenoxy) is 2. The van der Waals surface area contributed by atoms with Crippen molar-refractivity contribution >= 4 is 5.97 Å². The SMILES string of the molecule is CC(=O)O[C@H]1CC[C@]2(C)[C@H]3CC[C@]4(C)[C@@H]([C@H](C)CCCC(C)C)CC[C@H]4C3=C[C@H]3O[C@@]32C1. The third kappa shape index (κ3) is 3.35. The highest BCUT2D eigenvalue weighted by molar-refractivity contribution is 5.66. The fourth-order valence-electron chi connectivity index (χ4n) is 9.25. The Balaban J connectivity index is 1.34. The molecular weight excluding hydrogens is 396 g/mol. The molecule has 3 saturated carbocycles. The van der Waals surface area contributed by atoms with Gasteiger partial charge in [0.25, 0.3) is 0 Å². The van der Waals surface area contributed by atoms with Crippen molar-refractivity contribution in [2.75, 3.05) is 0 Å². The molecule has 1 spiro atoms. The van der Waals surface area contributed by atoms with Crippen LogP contribution in [0.1, 0.15) is 106 Å². The Labute approximate surface area is 196 Å². The van der Waals surface area contributed by atoms with Gasteiger partial charge in [-0.15, -0.1) is 0 Å². The number of allylic oxidation sites excluding steroid dienone is 1. The van der Waals surface area contributed by atoms with Crippen molar-refractivity contribution in [3.63, 3.8) is 0 Å². The summed E-state index contributed by atoms with van der Waals surface area (Å²) < 4.78 is 12.2. The zero-order valence-electron chi connectivity index (χ0n) is 21.4. The lowest BCUT2D eigenvalue weighted by Crippen LogP contribution is -2.55. The topological polar surface area (TPSA) is 38.8 Å². The monoisotopic (exact) mass is 442 g/mol. The molecule has 3 nitrogen and oxygen atoms in total. The van der Waals surface area contributed by atoms with Gasteiger partial charge in [0.05, 0.1) is 0 Å². The first-order chi connectivity index (χ1) is 15.1. The average molecular weight is 443 g/mol. The van der Waals surface area contributed by atoms with E-state index < -0.39 is 0 Å². The molecule has 32 heavy (non-hydrogen) atoms. The van der Waals surface area contributed by atoms with Crippen molar-refractivity contribution < 1.29 is 14.3 Å². The molecule has 1 aliphatic heterocycles. The van der Waals surface area contributed by atoms with Crippen molar-refractivity contribution in [1.29, 1.82) is 0 Å². The highest BCUT2D eigenvalue weighted by Crippen LogP contribution is 2.72. The fourth-order valence-corrected chi connectivity index (χ4v) is 9.25. The second-order valence-electron chi connectivity index (χ2n) is 13.1. The summed E-state index contributed by atoms with van der Waals surface area (Å²) >= 11 is 0. The number of hydrogen-bond acceptors (Lipinski definition) is 3. The van der Waals surface area contributed by atoms with Crippen LogP contribution < -0.4 is 0 Å². The van der Waals surface area contributed by atoms with E-state index in [-0.39, 0.29) is 29.2 Å². The van der Waals surface area contributed by atoms with Crippen LogP contribution in [0.15, 0.2) is 11.6 Å². The van der Waals surface area contributed by atoms with Crippen LogP contribution in [0.3, 0.4) is 0 Å². The minimum atomic E-state index is -0.146. The van der Waals surface area contributed by atoms with Gasteiger partial charge < -0.3 is 9.47 Å². The lowest BCUT2D eigenvalue weighted by atomic mass is 9.47. The van der Waals surface area contributed by atoms with Gasteiger partial charge >= 0.3 is 5.97 Å². The first-order valence-electron chi connectivity index (χ1n) is 13.7. The van der Waals surface area contributed by atoms with E-state index >= 15 is 0 Å². The van der Waals surface area contributed by atoms with Gasteiger partial charge in [-0.2, -0.15) is 0 Å². The normalized spacial score (nSPS) is 47.6. The van der Waals surface area contributed by atoms with E-state index in [1.165, 1.54) is 51.9 Å². The van der Waals surface area contributed by atoms with Crippen LogP contribution >= 0.6 is 0 Å². The smallest absolute Gasteiger partial charge is 0.302 e. The van der Waals surface area contributed by atoms with E-state index in [4.69, 9.17) is 9.47 Å². The summed E-state index contributed by atoms with van der Waals surface area (Å²) in [6, 6.07) is 0. The molecule has 3 heteroatoms. The minimum absolute atomic E-state index is 0.0388. The van der Waals surface area contributed by atoms with E-state index in [1.54, 1.807) is 5.57 Å². The Morgan fingerprint density at radius 2 is 1.88 bits per heavy atom. The molecule has 0 bridgehead atoms. The number of hydrogen-bond donors (Lipinski definition) is 0. The molecule has 5 aliphatic rings. The standard InChI is InChI=1S/C29H46O3/c1-18(2)8-7-9-19(3)23-10-11-24-22-16-26-29(32-26)17-21(31-20(4)30)12-15-28(29,6)25(22)13-14-27(23,24)5/h16,18-19,21,23-26H,7-15,17H2,1-6H3/t19-,21+,23-,24+,25+,26-,27-,28-,29+/m1/s1. The summed E-state index contributed by atoms with van der Waals surface area (Å²) in [5.74, 6) is 3.81. The van der Waals surface area contributed by atoms with Crippen LogP contribution in [0.5, 0.6) is 0 Å². The van der Waals surface area contributed by atoms with E-state index in [0.717, 1.165) is 42.9 Å². The molecule has 0 N–H and O–H groups in total. The number of rotatable bonds is 6. The number of carbonyl (C=O) groups is 1. The maximum Gasteiger partial charge on any atom is 0.302 e. The zero-order chi connectivity index (χ0) is 22.9. The third-order valence-corrected chi connectivity index (χ3v) is 11.0. The van der Waals surface area contributed by atoms with Crippen molar-refractivity contribution in [3.05, 3.63) is 11.6 Å². The van der Waals surface area contributed by atoms with E-state index in [2.05, 4.69) is 40.7 Å². The zero-order valence-corrected chi connectivity index (χ0v) is 21.4. The van der Waals surface area contributed by atoms with Gasteiger partial charge in [-0.1, -0.05) is 65.5 Å². The van der Waals surface area contributed by atoms with E-state index in [9.17, 15) is 4.79 Å². The van der Waals surface area contributed by atoms with Gasteiger partial charge in [-0.3, -0.25) is 4.79 Å². The van der Waals surface area contributed by atoms with Crippen LogP contribution in [0, 0.1) is 40.4 Å². The highest BCUT2D eigenvalue weighted by atomic mass is 16.6. The molecule has 1 saturated heterocycles. The van der Waals surface area contributed by atoms with Crippen molar-refractivity contribution in [2.45, 2.75) is 124 Å². The number of fused-ring (bicyclic) bond motifs is 4. The molecule has 4 fully saturated rings. The molecule has 0 unspecified atom stereocenters. The lowest BCUT2D eigenvalue weighted by molar-refractivity contribution is -0.152. The Kier molecular flexibility index (Phi) is 5.63. The Morgan fingerprint density at radius 3 is 2.59 bits per heavy atom. The van der Waals surface area contributed by atoms with E-state index in [0.29, 0.717) is 11.3 Å². The summed E-state index contributed by atoms with van der Waals surface area (Å²) in [6.45, 7) is 14.0. The van der Waals surface area contributed by atoms with Gasteiger partial charge in [0.15, 0.2) is 0 Å². The Bertz CT molecular complexity index is 785. The summed E-state index contributed by atoms with van der Waals surface area (Å²) in [5, 5.41) is 0. The van der Waals surface area contributed by atoms with Crippen molar-refractivity contribution in [1.82, 2.24) is 0 Å². The maximum atomic E-state index is 11.6. The number of carbonyl (C=O) groups excluding carboxylic acids is 1. The van der Waals surface area contributed by atoms with Crippen LogP contribution in [-0.2, 0) is 14.3 Å². The van der Waals surface area contributed by atoms with Gasteiger partial charge in [0.2, 0.25) is 0 Å². The predicted molar refractivity (Wildman–Crippen MR) is 128 cm³/mol. The molecule has 4 aliphatic carbocycles. The van der Waals surface area contributed by atoms with Crippen molar-refractivity contribution in [3.8, 4) is 0 Å². The predicted octanol–water partition coefficient (Wildman–Crippen LogP) is 7.09. The van der Waals surface area contributed by atoms with Crippen LogP contribution in [0.4, 0.5) is 0 Å². The first-order valence-corrected chi connectivity index (χ1v) is 13.7. The Hall–Kier alpha value is -0.830. The highest BCUT2D eigenvalue weighted by Gasteiger charge is 2.74. The quantitative estimate of drug-likeness (QED) is 0.250. The molecular formula is C29H46O3. The Morgan fingerprint density at radius 1 is 1.09 bits per heavy atom. The van der Waals surface area contributed by atoms with Crippen LogP contribution in [-0.4, -0.2) is 23.8 Å². The largest absolute Gasteiger partial charge is 0.462 e. The molecule has 0 aromatic carbocycles. The molecule has 0 aromatic heterocycles. The fraction of sp³-hybridized carbons (Fsp3) is 0.897. The number of esters is 1. The molecule has 0 amide bonds. The maximum absolute atomic E-state index is 11.6. The summed E-state index contributed by atoms with van der Waals surface area (Å²) in [5.41, 5.74) is 2.37. The molecule has 1 heterocycles. The second-order valence-corrected chi connectivity index (χ2v) is 13.1. The third-order valence-electron chi connectivity index (χ3n) is 11.0. The molecule has 9 atom stereocenters. The summed E-state index contributed by atoms with van der Waals surface area (Å²) in [4.78, 5) is 11.6. The molecule has 0 radical (unpaired) electrons. The minimum Gasteiger partial charge on any atom is -0.462 e. The van der Waals surface area contributed by atoms with Crippen LogP contribution in [0.25, 0.3) is 0 Å². The summed E-state index contributed by atoms with van der Waals surface area (Å²) in [6.07, 6.45) is 15.5. The average Bonchev–Trinajstić information content (AvgIpc) is 3.28. The van der Waals surface area contributed by atoms with Gasteiger partial charge in [-0.05, 0) is 73.5 Å².